The van der Waals surface area contributed by atoms with E-state index in [0.717, 1.165) is 24.0 Å². The standard InChI is InChI=1S/C23H24N2O4S3/c26-31(27,24-14-4-5-15-24)19-8-10-20(11-9-19)32(28,29)25-16-12-22-21(13-17-30-22)23(25)18-6-2-1-3-7-18/h1-3,6-11,13,17,23H,4-5,12,14-16H2. The third kappa shape index (κ3) is 3.72. The molecular formula is C23H24N2O4S3. The average Bonchev–Trinajstić information content (AvgIpc) is 3.51. The Morgan fingerprint density at radius 2 is 1.38 bits per heavy atom. The zero-order valence-electron chi connectivity index (χ0n) is 17.4. The lowest BCUT2D eigenvalue weighted by molar-refractivity contribution is 0.347. The van der Waals surface area contributed by atoms with Crippen molar-refractivity contribution in [3.8, 4) is 0 Å². The quantitative estimate of drug-likeness (QED) is 0.546. The van der Waals surface area contributed by atoms with Crippen LogP contribution in [0, 0.1) is 0 Å². The summed E-state index contributed by atoms with van der Waals surface area (Å²) in [6.45, 7) is 1.40. The van der Waals surface area contributed by atoms with Gasteiger partial charge in [0.15, 0.2) is 0 Å². The first kappa shape index (κ1) is 21.8. The maximum absolute atomic E-state index is 13.7. The van der Waals surface area contributed by atoms with Crippen LogP contribution in [-0.4, -0.2) is 45.1 Å². The first-order valence-electron chi connectivity index (χ1n) is 10.6. The van der Waals surface area contributed by atoms with E-state index in [4.69, 9.17) is 0 Å². The second kappa shape index (κ2) is 8.39. The highest BCUT2D eigenvalue weighted by Crippen LogP contribution is 2.40. The van der Waals surface area contributed by atoms with Gasteiger partial charge in [0, 0.05) is 24.5 Å². The van der Waals surface area contributed by atoms with E-state index in [-0.39, 0.29) is 9.79 Å². The van der Waals surface area contributed by atoms with Crippen molar-refractivity contribution in [1.82, 2.24) is 8.61 Å². The van der Waals surface area contributed by atoms with Gasteiger partial charge in [-0.25, -0.2) is 16.8 Å². The van der Waals surface area contributed by atoms with Crippen molar-refractivity contribution in [2.24, 2.45) is 0 Å². The van der Waals surface area contributed by atoms with Crippen LogP contribution in [0.25, 0.3) is 0 Å². The van der Waals surface area contributed by atoms with Gasteiger partial charge in [0.1, 0.15) is 0 Å². The molecule has 6 nitrogen and oxygen atoms in total. The normalized spacial score (nSPS) is 20.3. The smallest absolute Gasteiger partial charge is 0.207 e. The number of sulfonamides is 2. The molecule has 9 heteroatoms. The Morgan fingerprint density at radius 1 is 0.750 bits per heavy atom. The van der Waals surface area contributed by atoms with E-state index in [0.29, 0.717) is 26.1 Å². The van der Waals surface area contributed by atoms with Crippen LogP contribution >= 0.6 is 11.3 Å². The molecule has 1 saturated heterocycles. The summed E-state index contributed by atoms with van der Waals surface area (Å²) in [7, 11) is -7.42. The van der Waals surface area contributed by atoms with E-state index in [2.05, 4.69) is 0 Å². The Bertz CT molecular complexity index is 1310. The predicted octanol–water partition coefficient (Wildman–Crippen LogP) is 3.87. The molecule has 2 aliphatic rings. The highest BCUT2D eigenvalue weighted by atomic mass is 32.2. The topological polar surface area (TPSA) is 74.8 Å². The fourth-order valence-electron chi connectivity index (χ4n) is 4.53. The van der Waals surface area contributed by atoms with E-state index < -0.39 is 26.1 Å². The molecule has 0 N–H and O–H groups in total. The Balaban J connectivity index is 1.51. The van der Waals surface area contributed by atoms with Crippen molar-refractivity contribution >= 4 is 31.4 Å². The van der Waals surface area contributed by atoms with Gasteiger partial charge in [-0.2, -0.15) is 8.61 Å². The molecule has 5 rings (SSSR count). The van der Waals surface area contributed by atoms with Gasteiger partial charge >= 0.3 is 0 Å². The van der Waals surface area contributed by atoms with Crippen LogP contribution in [0.4, 0.5) is 0 Å². The largest absolute Gasteiger partial charge is 0.243 e. The molecule has 2 aromatic carbocycles. The second-order valence-electron chi connectivity index (χ2n) is 8.06. The summed E-state index contributed by atoms with van der Waals surface area (Å²) >= 11 is 1.66. The summed E-state index contributed by atoms with van der Waals surface area (Å²) < 4.78 is 56.0. The Morgan fingerprint density at radius 3 is 2.03 bits per heavy atom. The van der Waals surface area contributed by atoms with Gasteiger partial charge in [-0.3, -0.25) is 0 Å². The molecule has 1 fully saturated rings. The summed E-state index contributed by atoms with van der Waals surface area (Å²) in [5.74, 6) is 0. The van der Waals surface area contributed by atoms with Crippen LogP contribution < -0.4 is 0 Å². The minimum Gasteiger partial charge on any atom is -0.207 e. The third-order valence-electron chi connectivity index (χ3n) is 6.17. The summed E-state index contributed by atoms with van der Waals surface area (Å²) in [5.41, 5.74) is 1.94. The fourth-order valence-corrected chi connectivity index (χ4v) is 8.55. The Hall–Kier alpha value is -2.04. The lowest BCUT2D eigenvalue weighted by Gasteiger charge is -2.35. The van der Waals surface area contributed by atoms with Crippen LogP contribution in [0.2, 0.25) is 0 Å². The van der Waals surface area contributed by atoms with E-state index in [9.17, 15) is 16.8 Å². The third-order valence-corrected chi connectivity index (χ3v) is 11.0. The number of fused-ring (bicyclic) bond motifs is 1. The second-order valence-corrected chi connectivity index (χ2v) is 12.9. The zero-order chi connectivity index (χ0) is 22.3. The van der Waals surface area contributed by atoms with Crippen molar-refractivity contribution in [3.63, 3.8) is 0 Å². The van der Waals surface area contributed by atoms with Gasteiger partial charge < -0.3 is 0 Å². The number of thiophene rings is 1. The van der Waals surface area contributed by atoms with E-state index >= 15 is 0 Å². The molecule has 1 aromatic heterocycles. The maximum atomic E-state index is 13.7. The molecule has 1 atom stereocenters. The van der Waals surface area contributed by atoms with E-state index in [1.165, 1.54) is 33.4 Å². The monoisotopic (exact) mass is 488 g/mol. The van der Waals surface area contributed by atoms with Gasteiger partial charge in [0.25, 0.3) is 0 Å². The van der Waals surface area contributed by atoms with Crippen LogP contribution in [0.5, 0.6) is 0 Å². The molecule has 0 amide bonds. The number of hydrogen-bond donors (Lipinski definition) is 0. The van der Waals surface area contributed by atoms with Crippen molar-refractivity contribution < 1.29 is 16.8 Å². The molecule has 168 valence electrons. The molecule has 0 spiro atoms. The van der Waals surface area contributed by atoms with Gasteiger partial charge in [-0.05, 0) is 66.1 Å². The van der Waals surface area contributed by atoms with E-state index in [1.54, 1.807) is 15.6 Å². The average molecular weight is 489 g/mol. The first-order valence-corrected chi connectivity index (χ1v) is 14.4. The highest BCUT2D eigenvalue weighted by Gasteiger charge is 2.38. The van der Waals surface area contributed by atoms with Gasteiger partial charge in [0.2, 0.25) is 20.0 Å². The molecule has 1 unspecified atom stereocenters. The SMILES string of the molecule is O=S(=O)(c1ccc(S(=O)(=O)N2CCc3sccc3C2c2ccccc2)cc1)N1CCCC1. The van der Waals surface area contributed by atoms with Crippen molar-refractivity contribution in [1.29, 1.82) is 0 Å². The summed E-state index contributed by atoms with van der Waals surface area (Å²) in [6.07, 6.45) is 2.37. The van der Waals surface area contributed by atoms with Crippen LogP contribution in [0.1, 0.15) is 34.9 Å². The summed E-state index contributed by atoms with van der Waals surface area (Å²) in [4.78, 5) is 1.45. The van der Waals surface area contributed by atoms with Crippen molar-refractivity contribution in [2.45, 2.75) is 35.1 Å². The summed E-state index contributed by atoms with van der Waals surface area (Å²) in [5, 5.41) is 2.01. The molecule has 3 aromatic rings. The first-order chi connectivity index (χ1) is 15.4. The van der Waals surface area contributed by atoms with E-state index in [1.807, 2.05) is 41.8 Å². The highest BCUT2D eigenvalue weighted by molar-refractivity contribution is 7.89. The lowest BCUT2D eigenvalue weighted by atomic mass is 9.95. The lowest BCUT2D eigenvalue weighted by Crippen LogP contribution is -2.40. The van der Waals surface area contributed by atoms with Gasteiger partial charge in [0.05, 0.1) is 15.8 Å². The number of benzene rings is 2. The molecule has 0 bridgehead atoms. The fraction of sp³-hybridized carbons (Fsp3) is 0.304. The van der Waals surface area contributed by atoms with Crippen LogP contribution in [-0.2, 0) is 26.5 Å². The molecule has 0 aliphatic carbocycles. The molecule has 0 radical (unpaired) electrons. The number of rotatable bonds is 5. The predicted molar refractivity (Wildman–Crippen MR) is 125 cm³/mol. The van der Waals surface area contributed by atoms with Crippen LogP contribution in [0.3, 0.4) is 0 Å². The molecule has 32 heavy (non-hydrogen) atoms. The number of hydrogen-bond acceptors (Lipinski definition) is 5. The number of nitrogens with zero attached hydrogens (tertiary/aromatic N) is 2. The van der Waals surface area contributed by atoms with Crippen molar-refractivity contribution in [3.05, 3.63) is 82.0 Å². The maximum Gasteiger partial charge on any atom is 0.243 e. The van der Waals surface area contributed by atoms with Gasteiger partial charge in [-0.15, -0.1) is 11.3 Å². The minimum atomic E-state index is -3.83. The summed E-state index contributed by atoms with van der Waals surface area (Å²) in [6, 6.07) is 16.9. The minimum absolute atomic E-state index is 0.109. The molecule has 3 heterocycles. The Labute approximate surface area is 193 Å². The van der Waals surface area contributed by atoms with Crippen LogP contribution in [0.15, 0.2) is 75.8 Å². The molecule has 2 aliphatic heterocycles. The molecular weight excluding hydrogens is 464 g/mol. The van der Waals surface area contributed by atoms with Crippen molar-refractivity contribution in [2.75, 3.05) is 19.6 Å². The zero-order valence-corrected chi connectivity index (χ0v) is 19.9. The Kier molecular flexibility index (Phi) is 5.71. The van der Waals surface area contributed by atoms with Gasteiger partial charge in [-0.1, -0.05) is 30.3 Å². The molecule has 0 saturated carbocycles.